The molecule has 0 aliphatic carbocycles. The molecule has 0 aromatic carbocycles. The summed E-state index contributed by atoms with van der Waals surface area (Å²) in [6.45, 7) is 4.06. The molecule has 116 valence electrons. The van der Waals surface area contributed by atoms with Crippen LogP contribution in [0.5, 0.6) is 0 Å². The van der Waals surface area contributed by atoms with Crippen LogP contribution in [-0.4, -0.2) is 15.0 Å². The fourth-order valence-corrected chi connectivity index (χ4v) is 2.44. The molecule has 0 radical (unpaired) electrons. The Morgan fingerprint density at radius 1 is 0.652 bits per heavy atom. The molecule has 3 rings (SSSR count). The van der Waals surface area contributed by atoms with Crippen LogP contribution in [0.2, 0.25) is 0 Å². The van der Waals surface area contributed by atoms with Gasteiger partial charge in [-0.1, -0.05) is 18.2 Å². The Labute approximate surface area is 137 Å². The molecule has 0 saturated heterocycles. The molecule has 0 bridgehead atoms. The highest BCUT2D eigenvalue weighted by Crippen LogP contribution is 2.10. The van der Waals surface area contributed by atoms with E-state index < -0.39 is 0 Å². The number of pyridine rings is 3. The SMILES string of the molecule is Cc1ccc(Cc2ccc(CCc3ccc(C)nc3)nc2)nc1. The van der Waals surface area contributed by atoms with Gasteiger partial charge in [-0.3, -0.25) is 15.0 Å². The maximum Gasteiger partial charge on any atom is 0.0448 e. The van der Waals surface area contributed by atoms with Gasteiger partial charge in [0.2, 0.25) is 0 Å². The summed E-state index contributed by atoms with van der Waals surface area (Å²) in [4.78, 5) is 13.4. The third-order valence-corrected chi connectivity index (χ3v) is 3.89. The van der Waals surface area contributed by atoms with Crippen LogP contribution in [0.3, 0.4) is 0 Å². The average Bonchev–Trinajstić information content (AvgIpc) is 2.58. The highest BCUT2D eigenvalue weighted by atomic mass is 14.7. The van der Waals surface area contributed by atoms with E-state index in [2.05, 4.69) is 58.3 Å². The summed E-state index contributed by atoms with van der Waals surface area (Å²) < 4.78 is 0. The van der Waals surface area contributed by atoms with E-state index in [-0.39, 0.29) is 0 Å². The lowest BCUT2D eigenvalue weighted by Gasteiger charge is -2.05. The fraction of sp³-hybridized carbons (Fsp3) is 0.250. The van der Waals surface area contributed by atoms with Gasteiger partial charge < -0.3 is 0 Å². The van der Waals surface area contributed by atoms with Crippen molar-refractivity contribution in [1.82, 2.24) is 15.0 Å². The van der Waals surface area contributed by atoms with Crippen LogP contribution >= 0.6 is 0 Å². The zero-order valence-electron chi connectivity index (χ0n) is 13.7. The van der Waals surface area contributed by atoms with E-state index in [0.29, 0.717) is 0 Å². The van der Waals surface area contributed by atoms with E-state index in [9.17, 15) is 0 Å². The highest BCUT2D eigenvalue weighted by molar-refractivity contribution is 5.23. The van der Waals surface area contributed by atoms with Gasteiger partial charge in [0, 0.05) is 42.1 Å². The maximum absolute atomic E-state index is 4.58. The Morgan fingerprint density at radius 3 is 2.04 bits per heavy atom. The molecule has 0 saturated carbocycles. The van der Waals surface area contributed by atoms with Gasteiger partial charge in [0.1, 0.15) is 0 Å². The predicted molar refractivity (Wildman–Crippen MR) is 92.4 cm³/mol. The monoisotopic (exact) mass is 303 g/mol. The minimum atomic E-state index is 0.829. The number of hydrogen-bond acceptors (Lipinski definition) is 3. The molecule has 3 aromatic heterocycles. The van der Waals surface area contributed by atoms with E-state index in [0.717, 1.165) is 36.3 Å². The van der Waals surface area contributed by atoms with Crippen molar-refractivity contribution >= 4 is 0 Å². The van der Waals surface area contributed by atoms with Crippen LogP contribution in [0.4, 0.5) is 0 Å². The molecule has 0 unspecified atom stereocenters. The molecule has 3 aromatic rings. The van der Waals surface area contributed by atoms with Crippen LogP contribution in [0.15, 0.2) is 55.0 Å². The van der Waals surface area contributed by atoms with Crippen molar-refractivity contribution in [1.29, 1.82) is 0 Å². The van der Waals surface area contributed by atoms with E-state index in [1.54, 1.807) is 0 Å². The molecular weight excluding hydrogens is 282 g/mol. The maximum atomic E-state index is 4.58. The molecule has 0 atom stereocenters. The summed E-state index contributed by atoms with van der Waals surface area (Å²) in [6, 6.07) is 12.6. The Morgan fingerprint density at radius 2 is 1.39 bits per heavy atom. The molecular formula is C20H21N3. The fourth-order valence-electron chi connectivity index (χ4n) is 2.44. The number of aromatic nitrogens is 3. The van der Waals surface area contributed by atoms with Gasteiger partial charge in [-0.05, 0) is 61.6 Å². The minimum absolute atomic E-state index is 0.829. The predicted octanol–water partition coefficient (Wildman–Crippen LogP) is 3.86. The Bertz CT molecular complexity index is 744. The number of rotatable bonds is 5. The molecule has 3 nitrogen and oxygen atoms in total. The van der Waals surface area contributed by atoms with Crippen molar-refractivity contribution in [3.8, 4) is 0 Å². The van der Waals surface area contributed by atoms with Crippen molar-refractivity contribution < 1.29 is 0 Å². The molecule has 0 N–H and O–H groups in total. The van der Waals surface area contributed by atoms with Gasteiger partial charge in [0.25, 0.3) is 0 Å². The van der Waals surface area contributed by atoms with Crippen LogP contribution < -0.4 is 0 Å². The van der Waals surface area contributed by atoms with Gasteiger partial charge in [-0.15, -0.1) is 0 Å². The largest absolute Gasteiger partial charge is 0.261 e. The van der Waals surface area contributed by atoms with Gasteiger partial charge in [0.15, 0.2) is 0 Å². The smallest absolute Gasteiger partial charge is 0.0448 e. The molecule has 0 spiro atoms. The lowest BCUT2D eigenvalue weighted by molar-refractivity contribution is 0.898. The third-order valence-electron chi connectivity index (χ3n) is 3.89. The second kappa shape index (κ2) is 7.14. The number of nitrogens with zero attached hydrogens (tertiary/aromatic N) is 3. The molecule has 0 amide bonds. The molecule has 3 heterocycles. The van der Waals surface area contributed by atoms with Crippen molar-refractivity contribution in [2.24, 2.45) is 0 Å². The molecule has 23 heavy (non-hydrogen) atoms. The topological polar surface area (TPSA) is 38.7 Å². The van der Waals surface area contributed by atoms with Gasteiger partial charge in [-0.2, -0.15) is 0 Å². The second-order valence-corrected chi connectivity index (χ2v) is 5.97. The van der Waals surface area contributed by atoms with Crippen molar-refractivity contribution in [2.75, 3.05) is 0 Å². The van der Waals surface area contributed by atoms with Gasteiger partial charge >= 0.3 is 0 Å². The average molecular weight is 303 g/mol. The molecule has 0 aliphatic heterocycles. The molecule has 3 heteroatoms. The Balaban J connectivity index is 1.58. The lowest BCUT2D eigenvalue weighted by Crippen LogP contribution is -1.98. The summed E-state index contributed by atoms with van der Waals surface area (Å²) in [6.07, 6.45) is 8.56. The van der Waals surface area contributed by atoms with Crippen molar-refractivity contribution in [3.63, 3.8) is 0 Å². The first-order valence-corrected chi connectivity index (χ1v) is 7.96. The van der Waals surface area contributed by atoms with E-state index in [1.165, 1.54) is 16.7 Å². The second-order valence-electron chi connectivity index (χ2n) is 5.97. The molecule has 0 aliphatic rings. The minimum Gasteiger partial charge on any atom is -0.261 e. The van der Waals surface area contributed by atoms with E-state index >= 15 is 0 Å². The van der Waals surface area contributed by atoms with Crippen LogP contribution in [0.1, 0.15) is 33.8 Å². The van der Waals surface area contributed by atoms with Gasteiger partial charge in [-0.25, -0.2) is 0 Å². The third kappa shape index (κ3) is 4.46. The van der Waals surface area contributed by atoms with Crippen molar-refractivity contribution in [2.45, 2.75) is 33.1 Å². The van der Waals surface area contributed by atoms with Gasteiger partial charge in [0.05, 0.1) is 0 Å². The Kier molecular flexibility index (Phi) is 4.77. The summed E-state index contributed by atoms with van der Waals surface area (Å²) in [7, 11) is 0. The first-order chi connectivity index (χ1) is 11.2. The zero-order chi connectivity index (χ0) is 16.1. The van der Waals surface area contributed by atoms with Crippen LogP contribution in [0.25, 0.3) is 0 Å². The number of hydrogen-bond donors (Lipinski definition) is 0. The molecule has 0 fully saturated rings. The van der Waals surface area contributed by atoms with Crippen molar-refractivity contribution in [3.05, 3.63) is 88.8 Å². The normalized spacial score (nSPS) is 10.7. The summed E-state index contributed by atoms with van der Waals surface area (Å²) in [5, 5.41) is 0. The Hall–Kier alpha value is -2.55. The van der Waals surface area contributed by atoms with E-state index in [1.807, 2.05) is 25.5 Å². The van der Waals surface area contributed by atoms with Crippen LogP contribution in [0, 0.1) is 13.8 Å². The quantitative estimate of drug-likeness (QED) is 0.718. The standard InChI is InChI=1S/C20H21N3/c1-15-3-8-20(22-12-15)11-18-7-10-19(23-14-18)9-6-17-5-4-16(2)21-13-17/h3-5,7-8,10,12-14H,6,9,11H2,1-2H3. The zero-order valence-corrected chi connectivity index (χ0v) is 13.7. The lowest BCUT2D eigenvalue weighted by atomic mass is 10.1. The first kappa shape index (κ1) is 15.3. The first-order valence-electron chi connectivity index (χ1n) is 7.96. The highest BCUT2D eigenvalue weighted by Gasteiger charge is 2.01. The summed E-state index contributed by atoms with van der Waals surface area (Å²) in [5.41, 5.74) is 6.89. The summed E-state index contributed by atoms with van der Waals surface area (Å²) in [5.74, 6) is 0. The van der Waals surface area contributed by atoms with E-state index in [4.69, 9.17) is 0 Å². The van der Waals surface area contributed by atoms with Crippen LogP contribution in [-0.2, 0) is 19.3 Å². The summed E-state index contributed by atoms with van der Waals surface area (Å²) >= 11 is 0. The number of aryl methyl sites for hydroxylation is 4.